The number of benzene rings is 2. The van der Waals surface area contributed by atoms with Crippen LogP contribution in [-0.2, 0) is 10.9 Å². The lowest BCUT2D eigenvalue weighted by molar-refractivity contribution is -0.137. The van der Waals surface area contributed by atoms with E-state index in [1.165, 1.54) is 6.07 Å². The molecule has 3 aromatic rings. The Morgan fingerprint density at radius 3 is 2.42 bits per heavy atom. The molecule has 2 aliphatic heterocycles. The maximum atomic E-state index is 13.4. The summed E-state index contributed by atoms with van der Waals surface area (Å²) in [5, 5.41) is 3.35. The number of carbonyl (C=O) groups is 1. The van der Waals surface area contributed by atoms with Gasteiger partial charge in [-0.15, -0.1) is 0 Å². The van der Waals surface area contributed by atoms with E-state index in [1.54, 1.807) is 29.3 Å². The number of carbonyl (C=O) groups excluding carboxylic acids is 1. The van der Waals surface area contributed by atoms with Crippen LogP contribution in [0.15, 0.2) is 66.9 Å². The Morgan fingerprint density at radius 1 is 1.03 bits per heavy atom. The number of ether oxygens (including phenoxy) is 1. The van der Waals surface area contributed by atoms with E-state index >= 15 is 0 Å². The van der Waals surface area contributed by atoms with Crippen LogP contribution in [-0.4, -0.2) is 48.8 Å². The predicted octanol–water partition coefficient (Wildman–Crippen LogP) is 5.45. The number of nitrogens with one attached hydrogen (secondary N) is 1. The third kappa shape index (κ3) is 4.99. The fraction of sp³-hybridized carbons (Fsp3) is 0.308. The Kier molecular flexibility index (Phi) is 6.77. The summed E-state index contributed by atoms with van der Waals surface area (Å²) in [4.78, 5) is 21.5. The number of urea groups is 1. The normalized spacial score (nSPS) is 19.3. The second-order valence-electron chi connectivity index (χ2n) is 8.74. The van der Waals surface area contributed by atoms with Gasteiger partial charge in [-0.3, -0.25) is 0 Å². The highest BCUT2D eigenvalue weighted by Gasteiger charge is 2.40. The number of amides is 2. The highest BCUT2D eigenvalue weighted by molar-refractivity contribution is 6.30. The van der Waals surface area contributed by atoms with Crippen molar-refractivity contribution in [2.75, 3.05) is 37.7 Å². The van der Waals surface area contributed by atoms with Gasteiger partial charge in [0.05, 0.1) is 30.9 Å². The van der Waals surface area contributed by atoms with E-state index in [0.717, 1.165) is 42.2 Å². The third-order valence-corrected chi connectivity index (χ3v) is 6.75. The van der Waals surface area contributed by atoms with Crippen molar-refractivity contribution < 1.29 is 22.7 Å². The van der Waals surface area contributed by atoms with Gasteiger partial charge in [-0.25, -0.2) is 9.78 Å². The number of morpholine rings is 1. The van der Waals surface area contributed by atoms with E-state index in [4.69, 9.17) is 16.3 Å². The molecule has 1 N–H and O–H groups in total. The summed E-state index contributed by atoms with van der Waals surface area (Å²) in [6.45, 7) is 2.91. The molecule has 6 nitrogen and oxygen atoms in total. The average Bonchev–Trinajstić information content (AvgIpc) is 3.27. The first-order chi connectivity index (χ1) is 17.3. The van der Waals surface area contributed by atoms with Crippen LogP contribution in [0, 0.1) is 0 Å². The number of pyridine rings is 1. The molecule has 2 fully saturated rings. The number of rotatable bonds is 5. The first-order valence-electron chi connectivity index (χ1n) is 11.6. The van der Waals surface area contributed by atoms with Crippen molar-refractivity contribution in [3.8, 4) is 0 Å². The van der Waals surface area contributed by atoms with Crippen molar-refractivity contribution in [3.63, 3.8) is 0 Å². The molecule has 5 rings (SSSR count). The van der Waals surface area contributed by atoms with Gasteiger partial charge in [-0.05, 0) is 47.0 Å². The number of hydrogen-bond donors (Lipinski definition) is 1. The molecule has 188 valence electrons. The zero-order valence-electron chi connectivity index (χ0n) is 19.2. The molecule has 2 saturated heterocycles. The molecule has 0 radical (unpaired) electrons. The van der Waals surface area contributed by atoms with Gasteiger partial charge in [0.1, 0.15) is 5.82 Å². The number of aromatic nitrogens is 1. The zero-order chi connectivity index (χ0) is 25.3. The first kappa shape index (κ1) is 24.4. The molecular weight excluding hydrogens is 493 g/mol. The summed E-state index contributed by atoms with van der Waals surface area (Å²) < 4.78 is 45.7. The van der Waals surface area contributed by atoms with Crippen LogP contribution in [0.3, 0.4) is 0 Å². The van der Waals surface area contributed by atoms with Gasteiger partial charge < -0.3 is 19.9 Å². The van der Waals surface area contributed by atoms with Crippen LogP contribution in [0.2, 0.25) is 5.02 Å². The summed E-state index contributed by atoms with van der Waals surface area (Å²) in [6, 6.07) is 14.5. The van der Waals surface area contributed by atoms with Crippen LogP contribution in [0.1, 0.15) is 34.3 Å². The number of anilines is 1. The third-order valence-electron chi connectivity index (χ3n) is 6.50. The minimum Gasteiger partial charge on any atom is -0.378 e. The molecule has 2 amide bonds. The van der Waals surface area contributed by atoms with Crippen LogP contribution < -0.4 is 10.2 Å². The van der Waals surface area contributed by atoms with E-state index in [-0.39, 0.29) is 12.6 Å². The zero-order valence-corrected chi connectivity index (χ0v) is 20.0. The molecule has 0 bridgehead atoms. The number of nitrogens with zero attached hydrogens (tertiary/aromatic N) is 3. The van der Waals surface area contributed by atoms with Crippen molar-refractivity contribution in [1.82, 2.24) is 15.2 Å². The number of halogens is 4. The minimum atomic E-state index is -4.48. The molecule has 2 aliphatic rings. The topological polar surface area (TPSA) is 57.7 Å². The molecular formula is C26H24ClF3N4O2. The molecule has 36 heavy (non-hydrogen) atoms. The van der Waals surface area contributed by atoms with Crippen LogP contribution in [0.25, 0.3) is 0 Å². The highest BCUT2D eigenvalue weighted by Crippen LogP contribution is 2.40. The van der Waals surface area contributed by atoms with Gasteiger partial charge in [0, 0.05) is 30.9 Å². The quantitative estimate of drug-likeness (QED) is 0.490. The molecule has 2 atom stereocenters. The van der Waals surface area contributed by atoms with Crippen LogP contribution in [0.4, 0.5) is 23.8 Å². The minimum absolute atomic E-state index is 0.184. The number of hydrogen-bond acceptors (Lipinski definition) is 4. The Labute approximate surface area is 211 Å². The van der Waals surface area contributed by atoms with Crippen molar-refractivity contribution in [2.24, 2.45) is 0 Å². The Hall–Kier alpha value is -3.30. The van der Waals surface area contributed by atoms with Gasteiger partial charge in [-0.2, -0.15) is 13.2 Å². The summed E-state index contributed by atoms with van der Waals surface area (Å²) in [7, 11) is 0. The largest absolute Gasteiger partial charge is 0.416 e. The summed E-state index contributed by atoms with van der Waals surface area (Å²) in [5.41, 5.74) is 1.16. The van der Waals surface area contributed by atoms with E-state index in [0.29, 0.717) is 23.8 Å². The van der Waals surface area contributed by atoms with Crippen molar-refractivity contribution in [1.29, 1.82) is 0 Å². The Morgan fingerprint density at radius 2 is 1.75 bits per heavy atom. The summed E-state index contributed by atoms with van der Waals surface area (Å²) in [5.74, 6) is 0.803. The van der Waals surface area contributed by atoms with Crippen molar-refractivity contribution in [3.05, 3.63) is 94.1 Å². The van der Waals surface area contributed by atoms with Crippen molar-refractivity contribution in [2.45, 2.75) is 18.3 Å². The predicted molar refractivity (Wildman–Crippen MR) is 130 cm³/mol. The van der Waals surface area contributed by atoms with Gasteiger partial charge in [0.2, 0.25) is 0 Å². The summed E-state index contributed by atoms with van der Waals surface area (Å²) >= 11 is 6.11. The van der Waals surface area contributed by atoms with E-state index in [1.807, 2.05) is 24.3 Å². The van der Waals surface area contributed by atoms with Gasteiger partial charge in [0.15, 0.2) is 0 Å². The fourth-order valence-electron chi connectivity index (χ4n) is 4.71. The smallest absolute Gasteiger partial charge is 0.378 e. The van der Waals surface area contributed by atoms with E-state index in [2.05, 4.69) is 15.2 Å². The maximum Gasteiger partial charge on any atom is 0.416 e. The van der Waals surface area contributed by atoms with Gasteiger partial charge in [-0.1, -0.05) is 41.9 Å². The van der Waals surface area contributed by atoms with Crippen molar-refractivity contribution >= 4 is 23.4 Å². The standard InChI is InChI=1S/C26H24ClF3N4O2/c27-21-7-4-17(5-8-21)24(19-6-9-23(31-15-19)33-10-12-36-13-11-33)34-22(16-32-25(34)35)18-2-1-3-20(14-18)26(28,29)30/h1-9,14-15,22,24H,10-13,16H2,(H,32,35)/t22-,24?/m1/s1. The molecule has 2 aromatic carbocycles. The second kappa shape index (κ2) is 9.99. The Bertz CT molecular complexity index is 1220. The molecule has 10 heteroatoms. The monoisotopic (exact) mass is 516 g/mol. The molecule has 0 saturated carbocycles. The van der Waals surface area contributed by atoms with Crippen LogP contribution in [0.5, 0.6) is 0 Å². The SMILES string of the molecule is O=C1NC[C@H](c2cccc(C(F)(F)F)c2)N1C(c1ccc(Cl)cc1)c1ccc(N2CCOCC2)nc1. The van der Waals surface area contributed by atoms with E-state index in [9.17, 15) is 18.0 Å². The molecule has 1 unspecified atom stereocenters. The van der Waals surface area contributed by atoms with E-state index < -0.39 is 23.8 Å². The summed E-state index contributed by atoms with van der Waals surface area (Å²) in [6.07, 6.45) is -2.76. The maximum absolute atomic E-state index is 13.4. The Balaban J connectivity index is 1.54. The second-order valence-corrected chi connectivity index (χ2v) is 9.17. The lowest BCUT2D eigenvalue weighted by atomic mass is 9.95. The molecule has 3 heterocycles. The lowest BCUT2D eigenvalue weighted by Crippen LogP contribution is -2.37. The highest BCUT2D eigenvalue weighted by atomic mass is 35.5. The average molecular weight is 517 g/mol. The molecule has 0 aliphatic carbocycles. The number of alkyl halides is 3. The van der Waals surface area contributed by atoms with Gasteiger partial charge >= 0.3 is 12.2 Å². The van der Waals surface area contributed by atoms with Crippen LogP contribution >= 0.6 is 11.6 Å². The fourth-order valence-corrected chi connectivity index (χ4v) is 4.84. The molecule has 0 spiro atoms. The van der Waals surface area contributed by atoms with Gasteiger partial charge in [0.25, 0.3) is 0 Å². The molecule has 1 aromatic heterocycles. The lowest BCUT2D eigenvalue weighted by Gasteiger charge is -2.33. The first-order valence-corrected chi connectivity index (χ1v) is 12.0.